The Balaban J connectivity index is 2.09. The summed E-state index contributed by atoms with van der Waals surface area (Å²) in [7, 11) is 0. The summed E-state index contributed by atoms with van der Waals surface area (Å²) < 4.78 is 13.5. The lowest BCUT2D eigenvalue weighted by atomic mass is 10.1. The molecule has 1 amide bonds. The van der Waals surface area contributed by atoms with Gasteiger partial charge in [-0.3, -0.25) is 4.79 Å². The van der Waals surface area contributed by atoms with Crippen molar-refractivity contribution in [2.45, 2.75) is 25.3 Å². The first-order valence-electron chi connectivity index (χ1n) is 5.96. The zero-order chi connectivity index (χ0) is 14.0. The normalized spacial score (nSPS) is 15.9. The highest BCUT2D eigenvalue weighted by atomic mass is 35.5. The highest BCUT2D eigenvalue weighted by Crippen LogP contribution is 2.33. The number of benzene rings is 1. The smallest absolute Gasteiger partial charge is 0.326 e. The molecule has 1 saturated carbocycles. The van der Waals surface area contributed by atoms with Crippen molar-refractivity contribution in [3.05, 3.63) is 34.6 Å². The van der Waals surface area contributed by atoms with E-state index in [-0.39, 0.29) is 10.6 Å². The molecule has 6 heteroatoms. The minimum Gasteiger partial charge on any atom is -0.480 e. The molecule has 4 nitrogen and oxygen atoms in total. The van der Waals surface area contributed by atoms with Crippen LogP contribution in [0.15, 0.2) is 18.2 Å². The first kappa shape index (κ1) is 13.8. The summed E-state index contributed by atoms with van der Waals surface area (Å²) in [6.07, 6.45) is 2.33. The van der Waals surface area contributed by atoms with Gasteiger partial charge in [0.2, 0.25) is 0 Å². The molecule has 1 aromatic carbocycles. The first-order valence-corrected chi connectivity index (χ1v) is 6.34. The van der Waals surface area contributed by atoms with E-state index in [9.17, 15) is 14.0 Å². The van der Waals surface area contributed by atoms with Gasteiger partial charge in [0.1, 0.15) is 11.9 Å². The minimum absolute atomic E-state index is 0.223. The molecule has 2 rings (SSSR count). The van der Waals surface area contributed by atoms with Gasteiger partial charge in [0.25, 0.3) is 5.91 Å². The first-order chi connectivity index (χ1) is 8.97. The van der Waals surface area contributed by atoms with E-state index in [0.717, 1.165) is 18.9 Å². The second kappa shape index (κ2) is 5.57. The molecule has 1 aliphatic carbocycles. The average molecular weight is 286 g/mol. The zero-order valence-corrected chi connectivity index (χ0v) is 10.8. The maximum atomic E-state index is 13.5. The second-order valence-corrected chi connectivity index (χ2v) is 5.10. The molecule has 0 bridgehead atoms. The molecule has 0 saturated heterocycles. The molecule has 1 fully saturated rings. The number of amides is 1. The van der Waals surface area contributed by atoms with Crippen LogP contribution < -0.4 is 5.32 Å². The summed E-state index contributed by atoms with van der Waals surface area (Å²) in [5.41, 5.74) is -0.241. The molecule has 1 aromatic rings. The SMILES string of the molecule is O=C(NC(CC1CC1)C(=O)O)c1cc(Cl)ccc1F. The van der Waals surface area contributed by atoms with E-state index in [1.807, 2.05) is 0 Å². The van der Waals surface area contributed by atoms with Crippen molar-refractivity contribution >= 4 is 23.5 Å². The van der Waals surface area contributed by atoms with Crippen LogP contribution >= 0.6 is 11.6 Å². The molecule has 0 aliphatic heterocycles. The number of hydrogen-bond donors (Lipinski definition) is 2. The van der Waals surface area contributed by atoms with E-state index in [1.54, 1.807) is 0 Å². The van der Waals surface area contributed by atoms with E-state index >= 15 is 0 Å². The van der Waals surface area contributed by atoms with Crippen LogP contribution in [0.3, 0.4) is 0 Å². The molecule has 1 unspecified atom stereocenters. The largest absolute Gasteiger partial charge is 0.480 e. The van der Waals surface area contributed by atoms with Gasteiger partial charge in [0.05, 0.1) is 5.56 Å². The zero-order valence-electron chi connectivity index (χ0n) is 10.0. The lowest BCUT2D eigenvalue weighted by Gasteiger charge is -2.14. The number of carbonyl (C=O) groups excluding carboxylic acids is 1. The number of aliphatic carboxylic acids is 1. The van der Waals surface area contributed by atoms with Crippen LogP contribution in [0.2, 0.25) is 5.02 Å². The van der Waals surface area contributed by atoms with Gasteiger partial charge >= 0.3 is 5.97 Å². The lowest BCUT2D eigenvalue weighted by molar-refractivity contribution is -0.139. The Hall–Kier alpha value is -1.62. The molecule has 19 heavy (non-hydrogen) atoms. The Labute approximate surface area is 114 Å². The molecule has 1 aliphatic rings. The van der Waals surface area contributed by atoms with Crippen molar-refractivity contribution in [3.8, 4) is 0 Å². The quantitative estimate of drug-likeness (QED) is 0.873. The molecule has 102 valence electrons. The average Bonchev–Trinajstić information content (AvgIpc) is 3.15. The van der Waals surface area contributed by atoms with Gasteiger partial charge in [-0.2, -0.15) is 0 Å². The van der Waals surface area contributed by atoms with E-state index in [0.29, 0.717) is 12.3 Å². The van der Waals surface area contributed by atoms with Gasteiger partial charge in [0, 0.05) is 5.02 Å². The molecule has 0 spiro atoms. The van der Waals surface area contributed by atoms with Crippen LogP contribution in [0.25, 0.3) is 0 Å². The highest BCUT2D eigenvalue weighted by molar-refractivity contribution is 6.31. The fraction of sp³-hybridized carbons (Fsp3) is 0.385. The third-order valence-corrected chi connectivity index (χ3v) is 3.28. The number of carboxylic acids is 1. The van der Waals surface area contributed by atoms with Crippen molar-refractivity contribution in [2.75, 3.05) is 0 Å². The Morgan fingerprint density at radius 2 is 2.16 bits per heavy atom. The Morgan fingerprint density at radius 3 is 2.74 bits per heavy atom. The standard InChI is InChI=1S/C13H13ClFNO3/c14-8-3-4-10(15)9(6-8)12(17)16-11(13(18)19)5-7-1-2-7/h3-4,6-7,11H,1-2,5H2,(H,16,17)(H,18,19). The van der Waals surface area contributed by atoms with Gasteiger partial charge in [-0.05, 0) is 30.5 Å². The van der Waals surface area contributed by atoms with Gasteiger partial charge in [-0.1, -0.05) is 24.4 Å². The summed E-state index contributed by atoms with van der Waals surface area (Å²) in [4.78, 5) is 22.9. The molecular weight excluding hydrogens is 273 g/mol. The Morgan fingerprint density at radius 1 is 1.47 bits per heavy atom. The van der Waals surface area contributed by atoms with Crippen LogP contribution in [-0.4, -0.2) is 23.0 Å². The molecular formula is C13H13ClFNO3. The third-order valence-electron chi connectivity index (χ3n) is 3.04. The summed E-state index contributed by atoms with van der Waals surface area (Å²) in [6, 6.07) is 2.60. The molecule has 0 heterocycles. The molecule has 0 radical (unpaired) electrons. The summed E-state index contributed by atoms with van der Waals surface area (Å²) >= 11 is 5.69. The summed E-state index contributed by atoms with van der Waals surface area (Å²) in [5, 5.41) is 11.6. The van der Waals surface area contributed by atoms with Crippen molar-refractivity contribution in [3.63, 3.8) is 0 Å². The Kier molecular flexibility index (Phi) is 4.04. The van der Waals surface area contributed by atoms with Gasteiger partial charge in [-0.15, -0.1) is 0 Å². The lowest BCUT2D eigenvalue weighted by Crippen LogP contribution is -2.41. The van der Waals surface area contributed by atoms with Crippen LogP contribution in [0.5, 0.6) is 0 Å². The maximum absolute atomic E-state index is 13.5. The monoisotopic (exact) mass is 285 g/mol. The van der Waals surface area contributed by atoms with E-state index in [2.05, 4.69) is 5.32 Å². The van der Waals surface area contributed by atoms with Gasteiger partial charge in [0.15, 0.2) is 0 Å². The fourth-order valence-electron chi connectivity index (χ4n) is 1.82. The van der Waals surface area contributed by atoms with Crippen LogP contribution in [0.1, 0.15) is 29.6 Å². The Bertz CT molecular complexity index is 517. The van der Waals surface area contributed by atoms with Crippen LogP contribution in [-0.2, 0) is 4.79 Å². The molecule has 1 atom stereocenters. The maximum Gasteiger partial charge on any atom is 0.326 e. The highest BCUT2D eigenvalue weighted by Gasteiger charge is 2.30. The van der Waals surface area contributed by atoms with Crippen LogP contribution in [0, 0.1) is 11.7 Å². The third kappa shape index (κ3) is 3.67. The van der Waals surface area contributed by atoms with Gasteiger partial charge in [-0.25, -0.2) is 9.18 Å². The number of carbonyl (C=O) groups is 2. The molecule has 0 aromatic heterocycles. The van der Waals surface area contributed by atoms with Gasteiger partial charge < -0.3 is 10.4 Å². The number of hydrogen-bond acceptors (Lipinski definition) is 2. The summed E-state index contributed by atoms with van der Waals surface area (Å²) in [6.45, 7) is 0. The number of halogens is 2. The number of rotatable bonds is 5. The van der Waals surface area contributed by atoms with E-state index in [4.69, 9.17) is 16.7 Å². The van der Waals surface area contributed by atoms with Crippen molar-refractivity contribution < 1.29 is 19.1 Å². The van der Waals surface area contributed by atoms with Crippen molar-refractivity contribution in [1.82, 2.24) is 5.32 Å². The van der Waals surface area contributed by atoms with E-state index in [1.165, 1.54) is 12.1 Å². The fourth-order valence-corrected chi connectivity index (χ4v) is 1.99. The minimum atomic E-state index is -1.11. The van der Waals surface area contributed by atoms with Crippen molar-refractivity contribution in [1.29, 1.82) is 0 Å². The molecule has 2 N–H and O–H groups in total. The predicted octanol–water partition coefficient (Wildman–Crippen LogP) is 2.46. The van der Waals surface area contributed by atoms with Crippen molar-refractivity contribution in [2.24, 2.45) is 5.92 Å². The summed E-state index contributed by atoms with van der Waals surface area (Å²) in [5.74, 6) is -2.25. The number of carboxylic acid groups (broad SMARTS) is 1. The van der Waals surface area contributed by atoms with E-state index < -0.39 is 23.7 Å². The van der Waals surface area contributed by atoms with Crippen LogP contribution in [0.4, 0.5) is 4.39 Å². The predicted molar refractivity (Wildman–Crippen MR) is 67.6 cm³/mol. The topological polar surface area (TPSA) is 66.4 Å². The second-order valence-electron chi connectivity index (χ2n) is 4.67. The number of nitrogens with one attached hydrogen (secondary N) is 1.